The molecule has 0 heterocycles. The summed E-state index contributed by atoms with van der Waals surface area (Å²) in [7, 11) is 0. The number of alkyl halides is 1. The summed E-state index contributed by atoms with van der Waals surface area (Å²) in [6, 6.07) is 6.22. The van der Waals surface area contributed by atoms with E-state index in [0.29, 0.717) is 5.92 Å². The van der Waals surface area contributed by atoms with Crippen LogP contribution in [0.15, 0.2) is 18.2 Å². The standard InChI is InChI=1S/C15H23BrO/c1-11-7-6-8-14(12(11)2)17-10-13(9-16)15(3,4)5/h6-8,13H,9-10H2,1-5H3. The van der Waals surface area contributed by atoms with Gasteiger partial charge in [0.1, 0.15) is 5.75 Å². The lowest BCUT2D eigenvalue weighted by Gasteiger charge is -2.29. The van der Waals surface area contributed by atoms with Gasteiger partial charge in [-0.25, -0.2) is 0 Å². The van der Waals surface area contributed by atoms with E-state index in [2.05, 4.69) is 68.7 Å². The van der Waals surface area contributed by atoms with Gasteiger partial charge >= 0.3 is 0 Å². The first kappa shape index (κ1) is 14.6. The summed E-state index contributed by atoms with van der Waals surface area (Å²) < 4.78 is 5.97. The molecule has 0 aromatic heterocycles. The summed E-state index contributed by atoms with van der Waals surface area (Å²) in [5, 5.41) is 0.974. The van der Waals surface area contributed by atoms with Crippen molar-refractivity contribution in [2.24, 2.45) is 11.3 Å². The average molecular weight is 299 g/mol. The van der Waals surface area contributed by atoms with Gasteiger partial charge in [-0.3, -0.25) is 0 Å². The molecule has 0 aliphatic heterocycles. The Morgan fingerprint density at radius 1 is 1.24 bits per heavy atom. The number of halogens is 1. The number of hydrogen-bond acceptors (Lipinski definition) is 1. The zero-order chi connectivity index (χ0) is 13.1. The van der Waals surface area contributed by atoms with E-state index < -0.39 is 0 Å². The van der Waals surface area contributed by atoms with Gasteiger partial charge in [-0.05, 0) is 36.5 Å². The van der Waals surface area contributed by atoms with Crippen LogP contribution in [0, 0.1) is 25.2 Å². The van der Waals surface area contributed by atoms with Crippen molar-refractivity contribution >= 4 is 15.9 Å². The fourth-order valence-corrected chi connectivity index (χ4v) is 2.76. The third kappa shape index (κ3) is 4.02. The molecule has 1 aromatic carbocycles. The van der Waals surface area contributed by atoms with Crippen molar-refractivity contribution in [2.75, 3.05) is 11.9 Å². The van der Waals surface area contributed by atoms with E-state index in [9.17, 15) is 0 Å². The van der Waals surface area contributed by atoms with Gasteiger partial charge in [0.15, 0.2) is 0 Å². The molecule has 0 aliphatic rings. The molecule has 0 N–H and O–H groups in total. The predicted molar refractivity (Wildman–Crippen MR) is 78.2 cm³/mol. The second kappa shape index (κ2) is 5.90. The summed E-state index contributed by atoms with van der Waals surface area (Å²) in [5.74, 6) is 1.53. The Morgan fingerprint density at radius 2 is 1.88 bits per heavy atom. The fraction of sp³-hybridized carbons (Fsp3) is 0.600. The molecule has 1 aromatic rings. The Labute approximate surface area is 114 Å². The molecule has 17 heavy (non-hydrogen) atoms. The maximum atomic E-state index is 5.97. The van der Waals surface area contributed by atoms with Gasteiger partial charge in [0, 0.05) is 11.2 Å². The van der Waals surface area contributed by atoms with Crippen LogP contribution < -0.4 is 4.74 Å². The first-order valence-electron chi connectivity index (χ1n) is 6.11. The number of benzene rings is 1. The lowest BCUT2D eigenvalue weighted by Crippen LogP contribution is -2.28. The van der Waals surface area contributed by atoms with Crippen LogP contribution >= 0.6 is 15.9 Å². The largest absolute Gasteiger partial charge is 0.493 e. The predicted octanol–water partition coefficient (Wildman–Crippen LogP) is 4.74. The Bertz CT molecular complexity index is 366. The normalized spacial score (nSPS) is 13.5. The van der Waals surface area contributed by atoms with Gasteiger partial charge in [0.25, 0.3) is 0 Å². The molecule has 96 valence electrons. The summed E-state index contributed by atoms with van der Waals surface area (Å²) in [6.07, 6.45) is 0. The van der Waals surface area contributed by atoms with E-state index in [1.165, 1.54) is 11.1 Å². The topological polar surface area (TPSA) is 9.23 Å². The summed E-state index contributed by atoms with van der Waals surface area (Å²) >= 11 is 3.58. The minimum absolute atomic E-state index is 0.265. The molecule has 0 spiro atoms. The molecule has 0 saturated heterocycles. The highest BCUT2D eigenvalue weighted by Gasteiger charge is 2.24. The highest BCUT2D eigenvalue weighted by atomic mass is 79.9. The summed E-state index contributed by atoms with van der Waals surface area (Å²) in [4.78, 5) is 0. The molecular formula is C15H23BrO. The highest BCUT2D eigenvalue weighted by Crippen LogP contribution is 2.29. The van der Waals surface area contributed by atoms with Crippen molar-refractivity contribution < 1.29 is 4.74 Å². The molecule has 1 unspecified atom stereocenters. The van der Waals surface area contributed by atoms with Crippen molar-refractivity contribution in [3.05, 3.63) is 29.3 Å². The SMILES string of the molecule is Cc1cccc(OCC(CBr)C(C)(C)C)c1C. The smallest absolute Gasteiger partial charge is 0.122 e. The minimum Gasteiger partial charge on any atom is -0.493 e. The summed E-state index contributed by atoms with van der Waals surface area (Å²) in [6.45, 7) is 11.8. The van der Waals surface area contributed by atoms with Gasteiger partial charge < -0.3 is 4.74 Å². The van der Waals surface area contributed by atoms with Crippen LogP contribution in [0.4, 0.5) is 0 Å². The number of rotatable bonds is 4. The fourth-order valence-electron chi connectivity index (χ4n) is 1.60. The number of aryl methyl sites for hydroxylation is 1. The van der Waals surface area contributed by atoms with Crippen LogP contribution in [0.25, 0.3) is 0 Å². The molecule has 1 atom stereocenters. The maximum absolute atomic E-state index is 5.97. The number of ether oxygens (including phenoxy) is 1. The lowest BCUT2D eigenvalue weighted by atomic mass is 9.83. The minimum atomic E-state index is 0.265. The Hall–Kier alpha value is -0.500. The zero-order valence-electron chi connectivity index (χ0n) is 11.5. The molecular weight excluding hydrogens is 276 g/mol. The van der Waals surface area contributed by atoms with Crippen LogP contribution in [0.2, 0.25) is 0 Å². The molecule has 1 nitrogen and oxygen atoms in total. The Kier molecular flexibility index (Phi) is 5.05. The lowest BCUT2D eigenvalue weighted by molar-refractivity contribution is 0.165. The molecule has 0 saturated carbocycles. The van der Waals surface area contributed by atoms with Crippen molar-refractivity contribution in [2.45, 2.75) is 34.6 Å². The van der Waals surface area contributed by atoms with Crippen LogP contribution in [0.3, 0.4) is 0 Å². The van der Waals surface area contributed by atoms with E-state index in [1.807, 2.05) is 0 Å². The average Bonchev–Trinajstić information content (AvgIpc) is 2.23. The maximum Gasteiger partial charge on any atom is 0.122 e. The quantitative estimate of drug-likeness (QED) is 0.730. The molecule has 0 bridgehead atoms. The first-order chi connectivity index (χ1) is 7.86. The Morgan fingerprint density at radius 3 is 2.41 bits per heavy atom. The molecule has 1 rings (SSSR count). The first-order valence-corrected chi connectivity index (χ1v) is 7.23. The van der Waals surface area contributed by atoms with E-state index in [4.69, 9.17) is 4.74 Å². The van der Waals surface area contributed by atoms with Gasteiger partial charge in [-0.1, -0.05) is 48.8 Å². The van der Waals surface area contributed by atoms with Gasteiger partial charge in [-0.2, -0.15) is 0 Å². The number of hydrogen-bond donors (Lipinski definition) is 0. The van der Waals surface area contributed by atoms with Gasteiger partial charge in [0.2, 0.25) is 0 Å². The molecule has 0 fully saturated rings. The zero-order valence-corrected chi connectivity index (χ0v) is 13.1. The third-order valence-corrected chi connectivity index (χ3v) is 4.19. The van der Waals surface area contributed by atoms with Crippen LogP contribution in [-0.4, -0.2) is 11.9 Å². The highest BCUT2D eigenvalue weighted by molar-refractivity contribution is 9.09. The second-order valence-electron chi connectivity index (χ2n) is 5.73. The van der Waals surface area contributed by atoms with Crippen LogP contribution in [0.5, 0.6) is 5.75 Å². The third-order valence-electron chi connectivity index (χ3n) is 3.41. The van der Waals surface area contributed by atoms with Gasteiger partial charge in [0.05, 0.1) is 6.61 Å². The molecule has 0 aliphatic carbocycles. The van der Waals surface area contributed by atoms with Crippen molar-refractivity contribution in [1.82, 2.24) is 0 Å². The molecule has 0 amide bonds. The van der Waals surface area contributed by atoms with E-state index in [-0.39, 0.29) is 5.41 Å². The second-order valence-corrected chi connectivity index (χ2v) is 6.37. The van der Waals surface area contributed by atoms with E-state index >= 15 is 0 Å². The van der Waals surface area contributed by atoms with Crippen molar-refractivity contribution in [1.29, 1.82) is 0 Å². The molecule has 2 heteroatoms. The summed E-state index contributed by atoms with van der Waals surface area (Å²) in [5.41, 5.74) is 2.80. The molecule has 0 radical (unpaired) electrons. The van der Waals surface area contributed by atoms with Crippen molar-refractivity contribution in [3.8, 4) is 5.75 Å². The van der Waals surface area contributed by atoms with Crippen LogP contribution in [-0.2, 0) is 0 Å². The van der Waals surface area contributed by atoms with E-state index in [0.717, 1.165) is 17.7 Å². The van der Waals surface area contributed by atoms with Gasteiger partial charge in [-0.15, -0.1) is 0 Å². The van der Waals surface area contributed by atoms with Crippen molar-refractivity contribution in [3.63, 3.8) is 0 Å². The monoisotopic (exact) mass is 298 g/mol. The van der Waals surface area contributed by atoms with E-state index in [1.54, 1.807) is 0 Å². The van der Waals surface area contributed by atoms with Crippen LogP contribution in [0.1, 0.15) is 31.9 Å². The Balaban J connectivity index is 2.70.